The van der Waals surface area contributed by atoms with Crippen molar-refractivity contribution in [1.29, 1.82) is 0 Å². The maximum Gasteiger partial charge on any atom is 0.313 e. The molecule has 4 atom stereocenters. The first-order valence-corrected chi connectivity index (χ1v) is 11.7. The zero-order valence-electron chi connectivity index (χ0n) is 15.1. The van der Waals surface area contributed by atoms with Crippen molar-refractivity contribution in [2.24, 2.45) is 11.8 Å². The molecule has 148 valence electrons. The van der Waals surface area contributed by atoms with Crippen molar-refractivity contribution < 1.29 is 24.9 Å². The summed E-state index contributed by atoms with van der Waals surface area (Å²) in [6, 6.07) is 0. The fourth-order valence-corrected chi connectivity index (χ4v) is 5.41. The number of hydrogen-bond acceptors (Lipinski definition) is 6. The van der Waals surface area contributed by atoms with Crippen molar-refractivity contribution in [3.8, 4) is 0 Å². The first-order chi connectivity index (χ1) is 12.5. The van der Waals surface area contributed by atoms with Gasteiger partial charge in [0.15, 0.2) is 0 Å². The highest BCUT2D eigenvalue weighted by atomic mass is 32.2. The van der Waals surface area contributed by atoms with Crippen LogP contribution in [0.25, 0.3) is 0 Å². The van der Waals surface area contributed by atoms with Gasteiger partial charge in [-0.05, 0) is 30.3 Å². The molecule has 0 aromatic rings. The predicted molar refractivity (Wildman–Crippen MR) is 107 cm³/mol. The molecule has 7 heteroatoms. The van der Waals surface area contributed by atoms with Crippen molar-refractivity contribution in [2.75, 3.05) is 17.3 Å². The molecule has 0 aromatic heterocycles. The van der Waals surface area contributed by atoms with Crippen LogP contribution in [0, 0.1) is 11.8 Å². The molecular formula is C19H30O5S2. The number of Topliss-reactive ketones (excluding diaryl/α,β-unsaturated/α-hetero) is 1. The van der Waals surface area contributed by atoms with E-state index in [2.05, 4.69) is 0 Å². The molecule has 5 nitrogen and oxygen atoms in total. The summed E-state index contributed by atoms with van der Waals surface area (Å²) >= 11 is 2.92. The highest BCUT2D eigenvalue weighted by Gasteiger charge is 2.40. The molecule has 2 fully saturated rings. The number of aliphatic hydroxyl groups excluding tert-OH is 2. The van der Waals surface area contributed by atoms with Crippen LogP contribution in [0.5, 0.6) is 0 Å². The number of hydrogen-bond donors (Lipinski definition) is 3. The summed E-state index contributed by atoms with van der Waals surface area (Å²) in [5.41, 5.74) is 0. The van der Waals surface area contributed by atoms with E-state index in [0.29, 0.717) is 0 Å². The number of aliphatic hydroxyl groups is 2. The van der Waals surface area contributed by atoms with Crippen molar-refractivity contribution in [2.45, 2.75) is 62.4 Å². The average Bonchev–Trinajstić information content (AvgIpc) is 3.35. The predicted octanol–water partition coefficient (Wildman–Crippen LogP) is 2.74. The summed E-state index contributed by atoms with van der Waals surface area (Å²) in [4.78, 5) is 22.6. The van der Waals surface area contributed by atoms with Crippen LogP contribution >= 0.6 is 23.5 Å². The molecule has 2 rings (SSSR count). The summed E-state index contributed by atoms with van der Waals surface area (Å²) in [7, 11) is 0. The number of carboxylic acids is 1. The van der Waals surface area contributed by atoms with Crippen molar-refractivity contribution in [3.63, 3.8) is 0 Å². The van der Waals surface area contributed by atoms with Gasteiger partial charge in [0.1, 0.15) is 5.78 Å². The van der Waals surface area contributed by atoms with E-state index in [1.54, 1.807) is 17.8 Å². The molecule has 0 aromatic carbocycles. The lowest BCUT2D eigenvalue weighted by Gasteiger charge is -2.17. The van der Waals surface area contributed by atoms with Gasteiger partial charge in [-0.15, -0.1) is 11.8 Å². The SMILES string of the molecule is O=C(O)CSCCCS[C@H]1C(=O)C[C@@H](O)[C@@H]1/C=C/[C@@H](O)CCCC1CC1. The minimum atomic E-state index is -0.808. The van der Waals surface area contributed by atoms with E-state index in [4.69, 9.17) is 5.11 Å². The quantitative estimate of drug-likeness (QED) is 0.322. The van der Waals surface area contributed by atoms with Gasteiger partial charge in [-0.1, -0.05) is 37.8 Å². The van der Waals surface area contributed by atoms with Crippen LogP contribution in [0.3, 0.4) is 0 Å². The Hall–Kier alpha value is -0.500. The van der Waals surface area contributed by atoms with E-state index in [-0.39, 0.29) is 29.1 Å². The number of ketones is 1. The standard InChI is InChI=1S/C19H30O5S2/c20-14(4-1-3-13-5-6-13)7-8-15-16(21)11-17(22)19(15)26-10-2-9-25-12-18(23)24/h7-8,13-16,19-21H,1-6,9-12H2,(H,23,24)/b8-7+/t14-,15-,16+,19+/m0/s1. The summed E-state index contributed by atoms with van der Waals surface area (Å²) in [5, 5.41) is 28.6. The monoisotopic (exact) mass is 402 g/mol. The average molecular weight is 403 g/mol. The van der Waals surface area contributed by atoms with E-state index in [9.17, 15) is 19.8 Å². The minimum absolute atomic E-state index is 0.0681. The minimum Gasteiger partial charge on any atom is -0.481 e. The van der Waals surface area contributed by atoms with E-state index < -0.39 is 18.2 Å². The summed E-state index contributed by atoms with van der Waals surface area (Å²) < 4.78 is 0. The number of aliphatic carboxylic acids is 1. The molecular weight excluding hydrogens is 372 g/mol. The topological polar surface area (TPSA) is 94.8 Å². The Labute approximate surface area is 164 Å². The lowest BCUT2D eigenvalue weighted by Crippen LogP contribution is -2.22. The summed E-state index contributed by atoms with van der Waals surface area (Å²) in [6.07, 6.45) is 9.02. The van der Waals surface area contributed by atoms with Crippen LogP contribution in [-0.2, 0) is 9.59 Å². The highest BCUT2D eigenvalue weighted by Crippen LogP contribution is 2.35. The molecule has 3 N–H and O–H groups in total. The Morgan fingerprint density at radius 1 is 1.27 bits per heavy atom. The Bertz CT molecular complexity index is 492. The van der Waals surface area contributed by atoms with Crippen LogP contribution in [0.4, 0.5) is 0 Å². The van der Waals surface area contributed by atoms with Gasteiger partial charge in [0.2, 0.25) is 0 Å². The number of rotatable bonds is 13. The Morgan fingerprint density at radius 3 is 2.73 bits per heavy atom. The zero-order chi connectivity index (χ0) is 18.9. The van der Waals surface area contributed by atoms with Crippen molar-refractivity contribution in [1.82, 2.24) is 0 Å². The first-order valence-electron chi connectivity index (χ1n) is 9.45. The second-order valence-corrected chi connectivity index (χ2v) is 9.59. The molecule has 0 spiro atoms. The van der Waals surface area contributed by atoms with Gasteiger partial charge in [-0.25, -0.2) is 0 Å². The van der Waals surface area contributed by atoms with Gasteiger partial charge in [-0.3, -0.25) is 9.59 Å². The molecule has 0 amide bonds. The molecule has 2 saturated carbocycles. The second kappa shape index (κ2) is 11.4. The molecule has 2 aliphatic rings. The fraction of sp³-hybridized carbons (Fsp3) is 0.789. The maximum absolute atomic E-state index is 12.1. The third kappa shape index (κ3) is 8.03. The number of carbonyl (C=O) groups is 2. The maximum atomic E-state index is 12.1. The number of carbonyl (C=O) groups excluding carboxylic acids is 1. The van der Waals surface area contributed by atoms with E-state index >= 15 is 0 Å². The third-order valence-corrected chi connectivity index (χ3v) is 7.33. The molecule has 2 aliphatic carbocycles. The van der Waals surface area contributed by atoms with E-state index in [0.717, 1.165) is 36.7 Å². The molecule has 0 unspecified atom stereocenters. The van der Waals surface area contributed by atoms with Crippen LogP contribution in [0.15, 0.2) is 12.2 Å². The van der Waals surface area contributed by atoms with Gasteiger partial charge in [0, 0.05) is 12.3 Å². The smallest absolute Gasteiger partial charge is 0.313 e. The van der Waals surface area contributed by atoms with Gasteiger partial charge in [0.25, 0.3) is 0 Å². The number of thioether (sulfide) groups is 2. The Balaban J connectivity index is 1.70. The van der Waals surface area contributed by atoms with Gasteiger partial charge in [0.05, 0.1) is 23.2 Å². The first kappa shape index (κ1) is 21.8. The second-order valence-electron chi connectivity index (χ2n) is 7.23. The molecule has 0 aliphatic heterocycles. The van der Waals surface area contributed by atoms with Crippen LogP contribution in [0.2, 0.25) is 0 Å². The zero-order valence-corrected chi connectivity index (χ0v) is 16.7. The van der Waals surface area contributed by atoms with Gasteiger partial charge in [-0.2, -0.15) is 11.8 Å². The molecule has 0 heterocycles. The molecule has 26 heavy (non-hydrogen) atoms. The lowest BCUT2D eigenvalue weighted by atomic mass is 10.0. The Kier molecular flexibility index (Phi) is 9.53. The van der Waals surface area contributed by atoms with Crippen LogP contribution in [-0.4, -0.2) is 61.8 Å². The Morgan fingerprint density at radius 2 is 2.04 bits per heavy atom. The van der Waals surface area contributed by atoms with Gasteiger partial charge >= 0.3 is 5.97 Å². The van der Waals surface area contributed by atoms with E-state index in [1.165, 1.54) is 31.0 Å². The largest absolute Gasteiger partial charge is 0.481 e. The van der Waals surface area contributed by atoms with Crippen LogP contribution < -0.4 is 0 Å². The normalized spacial score (nSPS) is 27.3. The van der Waals surface area contributed by atoms with Crippen LogP contribution in [0.1, 0.15) is 44.9 Å². The summed E-state index contributed by atoms with van der Waals surface area (Å²) in [6.45, 7) is 0. The fourth-order valence-electron chi connectivity index (χ4n) is 3.21. The van der Waals surface area contributed by atoms with Gasteiger partial charge < -0.3 is 15.3 Å². The van der Waals surface area contributed by atoms with Crippen molar-refractivity contribution in [3.05, 3.63) is 12.2 Å². The third-order valence-electron chi connectivity index (χ3n) is 4.84. The molecule has 0 radical (unpaired) electrons. The number of carboxylic acid groups (broad SMARTS) is 1. The van der Waals surface area contributed by atoms with E-state index in [1.807, 2.05) is 6.08 Å². The highest BCUT2D eigenvalue weighted by molar-refractivity contribution is 8.01. The molecule has 0 saturated heterocycles. The van der Waals surface area contributed by atoms with Crippen molar-refractivity contribution >= 4 is 35.3 Å². The lowest BCUT2D eigenvalue weighted by molar-refractivity contribution is -0.133. The molecule has 0 bridgehead atoms. The summed E-state index contributed by atoms with van der Waals surface area (Å²) in [5.74, 6) is 1.52.